The average Bonchev–Trinajstić information content (AvgIpc) is 1.99. The number of nitrogens with zero attached hydrogens (tertiary/aromatic N) is 1. The summed E-state index contributed by atoms with van der Waals surface area (Å²) in [5, 5.41) is 0. The maximum atomic E-state index is 4.51. The lowest BCUT2D eigenvalue weighted by Gasteiger charge is -2.05. The van der Waals surface area contributed by atoms with Gasteiger partial charge in [-0.15, -0.1) is 0 Å². The Morgan fingerprint density at radius 1 is 1.23 bits per heavy atom. The van der Waals surface area contributed by atoms with Crippen LogP contribution in [0, 0.1) is 19.8 Å². The van der Waals surface area contributed by atoms with E-state index in [1.54, 1.807) is 0 Å². The van der Waals surface area contributed by atoms with E-state index in [-0.39, 0.29) is 0 Å². The molecule has 0 N–H and O–H groups in total. The van der Waals surface area contributed by atoms with Gasteiger partial charge in [0.05, 0.1) is 0 Å². The largest absolute Gasteiger partial charge is 0.258 e. The average molecular weight is 177 g/mol. The van der Waals surface area contributed by atoms with Crippen LogP contribution in [0.4, 0.5) is 0 Å². The molecule has 1 aromatic rings. The summed E-state index contributed by atoms with van der Waals surface area (Å²) in [4.78, 5) is 4.51. The number of aryl methyl sites for hydroxylation is 3. The van der Waals surface area contributed by atoms with Crippen LogP contribution in [-0.2, 0) is 6.42 Å². The molecule has 0 saturated carbocycles. The molecule has 1 rings (SSSR count). The van der Waals surface area contributed by atoms with Gasteiger partial charge >= 0.3 is 0 Å². The minimum absolute atomic E-state index is 0.766. The van der Waals surface area contributed by atoms with Gasteiger partial charge in [-0.25, -0.2) is 0 Å². The third-order valence-corrected chi connectivity index (χ3v) is 2.13. The molecule has 0 bridgehead atoms. The molecule has 0 amide bonds. The maximum absolute atomic E-state index is 4.51. The minimum atomic E-state index is 0.766. The Balaban J connectivity index is 2.66. The van der Waals surface area contributed by atoms with E-state index in [1.165, 1.54) is 17.7 Å². The second-order valence-electron chi connectivity index (χ2n) is 4.21. The number of hydrogen-bond acceptors (Lipinski definition) is 1. The highest BCUT2D eigenvalue weighted by Crippen LogP contribution is 2.09. The van der Waals surface area contributed by atoms with E-state index in [4.69, 9.17) is 0 Å². The van der Waals surface area contributed by atoms with Crippen molar-refractivity contribution in [3.05, 3.63) is 29.1 Å². The van der Waals surface area contributed by atoms with Crippen LogP contribution in [0.3, 0.4) is 0 Å². The van der Waals surface area contributed by atoms with Gasteiger partial charge in [-0.05, 0) is 50.3 Å². The molecule has 0 fully saturated rings. The molecule has 0 saturated heterocycles. The van der Waals surface area contributed by atoms with Crippen LogP contribution in [0.2, 0.25) is 0 Å². The van der Waals surface area contributed by atoms with E-state index in [1.807, 2.05) is 0 Å². The third-order valence-electron chi connectivity index (χ3n) is 2.13. The van der Waals surface area contributed by atoms with E-state index in [0.717, 1.165) is 18.0 Å². The van der Waals surface area contributed by atoms with Crippen molar-refractivity contribution in [2.24, 2.45) is 5.92 Å². The number of pyridine rings is 1. The Morgan fingerprint density at radius 2 is 1.92 bits per heavy atom. The molecule has 0 aliphatic rings. The number of rotatable bonds is 3. The molecule has 0 unspecified atom stereocenters. The highest BCUT2D eigenvalue weighted by Gasteiger charge is 1.99. The zero-order chi connectivity index (χ0) is 9.84. The second kappa shape index (κ2) is 4.40. The van der Waals surface area contributed by atoms with Crippen molar-refractivity contribution in [2.75, 3.05) is 0 Å². The molecule has 1 heterocycles. The van der Waals surface area contributed by atoms with Crippen LogP contribution < -0.4 is 0 Å². The van der Waals surface area contributed by atoms with E-state index in [9.17, 15) is 0 Å². The zero-order valence-corrected chi connectivity index (χ0v) is 9.09. The van der Waals surface area contributed by atoms with Crippen LogP contribution in [-0.4, -0.2) is 4.98 Å². The minimum Gasteiger partial charge on any atom is -0.258 e. The van der Waals surface area contributed by atoms with Crippen LogP contribution in [0.25, 0.3) is 0 Å². The molecule has 1 aromatic heterocycles. The predicted molar refractivity (Wildman–Crippen MR) is 56.9 cm³/mol. The topological polar surface area (TPSA) is 12.9 Å². The first kappa shape index (κ1) is 10.2. The predicted octanol–water partition coefficient (Wildman–Crippen LogP) is 3.29. The monoisotopic (exact) mass is 177 g/mol. The van der Waals surface area contributed by atoms with Gasteiger partial charge in [0, 0.05) is 11.4 Å². The Bertz CT molecular complexity index is 256. The molecule has 1 heteroatoms. The van der Waals surface area contributed by atoms with Gasteiger partial charge in [-0.2, -0.15) is 0 Å². The Labute approximate surface area is 81.2 Å². The SMILES string of the molecule is Cc1cc(C)nc(CCC(C)C)c1. The van der Waals surface area contributed by atoms with E-state index in [2.05, 4.69) is 44.8 Å². The molecular formula is C12H19N. The normalized spacial score (nSPS) is 10.8. The fraction of sp³-hybridized carbons (Fsp3) is 0.583. The lowest BCUT2D eigenvalue weighted by atomic mass is 10.1. The lowest BCUT2D eigenvalue weighted by molar-refractivity contribution is 0.581. The van der Waals surface area contributed by atoms with Crippen LogP contribution in [0.1, 0.15) is 37.2 Å². The Hall–Kier alpha value is -0.850. The van der Waals surface area contributed by atoms with Crippen molar-refractivity contribution in [1.82, 2.24) is 4.98 Å². The highest BCUT2D eigenvalue weighted by atomic mass is 14.7. The quantitative estimate of drug-likeness (QED) is 0.690. The van der Waals surface area contributed by atoms with Gasteiger partial charge in [0.1, 0.15) is 0 Å². The first-order valence-corrected chi connectivity index (χ1v) is 5.02. The summed E-state index contributed by atoms with van der Waals surface area (Å²) in [6.45, 7) is 8.70. The van der Waals surface area contributed by atoms with Gasteiger partial charge in [0.2, 0.25) is 0 Å². The maximum Gasteiger partial charge on any atom is 0.0409 e. The molecule has 72 valence electrons. The zero-order valence-electron chi connectivity index (χ0n) is 9.09. The summed E-state index contributed by atoms with van der Waals surface area (Å²) >= 11 is 0. The third kappa shape index (κ3) is 3.58. The van der Waals surface area contributed by atoms with Crippen LogP contribution in [0.15, 0.2) is 12.1 Å². The van der Waals surface area contributed by atoms with E-state index in [0.29, 0.717) is 0 Å². The van der Waals surface area contributed by atoms with Crippen LogP contribution >= 0.6 is 0 Å². The van der Waals surface area contributed by atoms with Crippen molar-refractivity contribution < 1.29 is 0 Å². The van der Waals surface area contributed by atoms with Crippen molar-refractivity contribution >= 4 is 0 Å². The second-order valence-corrected chi connectivity index (χ2v) is 4.21. The van der Waals surface area contributed by atoms with Crippen LogP contribution in [0.5, 0.6) is 0 Å². The van der Waals surface area contributed by atoms with Gasteiger partial charge in [0.25, 0.3) is 0 Å². The molecule has 0 spiro atoms. The van der Waals surface area contributed by atoms with E-state index >= 15 is 0 Å². The lowest BCUT2D eigenvalue weighted by Crippen LogP contribution is -1.97. The van der Waals surface area contributed by atoms with Gasteiger partial charge < -0.3 is 0 Å². The molecule has 1 nitrogen and oxygen atoms in total. The number of aromatic nitrogens is 1. The van der Waals surface area contributed by atoms with Crippen molar-refractivity contribution in [1.29, 1.82) is 0 Å². The standard InChI is InChI=1S/C12H19N/c1-9(2)5-6-12-8-10(3)7-11(4)13-12/h7-9H,5-6H2,1-4H3. The smallest absolute Gasteiger partial charge is 0.0409 e. The molecule has 0 atom stereocenters. The van der Waals surface area contributed by atoms with Gasteiger partial charge in [-0.3, -0.25) is 4.98 Å². The first-order valence-electron chi connectivity index (χ1n) is 5.02. The van der Waals surface area contributed by atoms with Crippen molar-refractivity contribution in [3.63, 3.8) is 0 Å². The summed E-state index contributed by atoms with van der Waals surface area (Å²) < 4.78 is 0. The van der Waals surface area contributed by atoms with E-state index < -0.39 is 0 Å². The summed E-state index contributed by atoms with van der Waals surface area (Å²) in [6.07, 6.45) is 2.34. The van der Waals surface area contributed by atoms with Gasteiger partial charge in [0.15, 0.2) is 0 Å². The summed E-state index contributed by atoms with van der Waals surface area (Å²) in [7, 11) is 0. The molecule has 0 aromatic carbocycles. The molecule has 0 aliphatic heterocycles. The van der Waals surface area contributed by atoms with Crippen molar-refractivity contribution in [3.8, 4) is 0 Å². The number of hydrogen-bond donors (Lipinski definition) is 0. The molecule has 13 heavy (non-hydrogen) atoms. The van der Waals surface area contributed by atoms with Gasteiger partial charge in [-0.1, -0.05) is 13.8 Å². The first-order chi connectivity index (χ1) is 6.08. The summed E-state index contributed by atoms with van der Waals surface area (Å²) in [6, 6.07) is 4.31. The highest BCUT2D eigenvalue weighted by molar-refractivity contribution is 5.19. The molecular weight excluding hydrogens is 158 g/mol. The molecule has 0 aliphatic carbocycles. The summed E-state index contributed by atoms with van der Waals surface area (Å²) in [5.41, 5.74) is 3.70. The summed E-state index contributed by atoms with van der Waals surface area (Å²) in [5.74, 6) is 0.766. The fourth-order valence-electron chi connectivity index (χ4n) is 1.49. The Morgan fingerprint density at radius 3 is 2.46 bits per heavy atom. The Kier molecular flexibility index (Phi) is 3.47. The molecule has 0 radical (unpaired) electrons. The van der Waals surface area contributed by atoms with Crippen molar-refractivity contribution in [2.45, 2.75) is 40.5 Å². The fourth-order valence-corrected chi connectivity index (χ4v) is 1.49.